The summed E-state index contributed by atoms with van der Waals surface area (Å²) in [5, 5.41) is 0. The van der Waals surface area contributed by atoms with E-state index in [-0.39, 0.29) is 0 Å². The van der Waals surface area contributed by atoms with Crippen LogP contribution in [0.25, 0.3) is 11.6 Å². The van der Waals surface area contributed by atoms with Crippen molar-refractivity contribution in [2.75, 3.05) is 0 Å². The first-order valence-corrected chi connectivity index (χ1v) is 4.98. The summed E-state index contributed by atoms with van der Waals surface area (Å²) in [5.41, 5.74) is 4.85. The van der Waals surface area contributed by atoms with Crippen LogP contribution < -0.4 is 0 Å². The molecule has 0 amide bonds. The van der Waals surface area contributed by atoms with E-state index in [9.17, 15) is 0 Å². The Morgan fingerprint density at radius 3 is 2.50 bits per heavy atom. The molecule has 1 aromatic rings. The standard InChI is InChI=1S/C14H18/c1-6-13-9-11(4)7-8-14(13)12(5)10(2)3/h6-10H,1,5H2,2-4H3. The molecule has 14 heavy (non-hydrogen) atoms. The van der Waals surface area contributed by atoms with E-state index in [0.29, 0.717) is 5.92 Å². The van der Waals surface area contributed by atoms with Crippen LogP contribution in [-0.2, 0) is 0 Å². The Labute approximate surface area is 87.0 Å². The zero-order valence-corrected chi connectivity index (χ0v) is 9.30. The normalized spacial score (nSPS) is 10.3. The van der Waals surface area contributed by atoms with Crippen LogP contribution in [0, 0.1) is 12.8 Å². The van der Waals surface area contributed by atoms with Crippen molar-refractivity contribution in [1.82, 2.24) is 0 Å². The molecular weight excluding hydrogens is 168 g/mol. The van der Waals surface area contributed by atoms with Crippen molar-refractivity contribution < 1.29 is 0 Å². The lowest BCUT2D eigenvalue weighted by atomic mass is 9.92. The Bertz CT molecular complexity index is 356. The highest BCUT2D eigenvalue weighted by molar-refractivity contribution is 5.73. The van der Waals surface area contributed by atoms with Crippen molar-refractivity contribution in [1.29, 1.82) is 0 Å². The minimum atomic E-state index is 0.483. The van der Waals surface area contributed by atoms with E-state index in [1.165, 1.54) is 22.3 Å². The second kappa shape index (κ2) is 4.28. The van der Waals surface area contributed by atoms with Crippen molar-refractivity contribution in [2.24, 2.45) is 5.92 Å². The van der Waals surface area contributed by atoms with Gasteiger partial charge in [-0.2, -0.15) is 0 Å². The molecule has 1 rings (SSSR count). The fourth-order valence-corrected chi connectivity index (χ4v) is 1.45. The van der Waals surface area contributed by atoms with Crippen molar-refractivity contribution in [3.63, 3.8) is 0 Å². The van der Waals surface area contributed by atoms with Gasteiger partial charge in [0.05, 0.1) is 0 Å². The zero-order valence-electron chi connectivity index (χ0n) is 9.30. The van der Waals surface area contributed by atoms with E-state index in [0.717, 1.165) is 0 Å². The summed E-state index contributed by atoms with van der Waals surface area (Å²) in [6.07, 6.45) is 1.90. The smallest absolute Gasteiger partial charge is 0.0155 e. The minimum absolute atomic E-state index is 0.483. The Hall–Kier alpha value is -1.30. The van der Waals surface area contributed by atoms with Crippen molar-refractivity contribution in [3.8, 4) is 0 Å². The molecule has 1 aromatic carbocycles. The SMILES string of the molecule is C=Cc1cc(C)ccc1C(=C)C(C)C. The van der Waals surface area contributed by atoms with Gasteiger partial charge in [-0.25, -0.2) is 0 Å². The van der Waals surface area contributed by atoms with Crippen molar-refractivity contribution in [2.45, 2.75) is 20.8 Å². The van der Waals surface area contributed by atoms with Crippen LogP contribution in [0.4, 0.5) is 0 Å². The van der Waals surface area contributed by atoms with Gasteiger partial charge in [0.1, 0.15) is 0 Å². The van der Waals surface area contributed by atoms with Crippen LogP contribution in [0.3, 0.4) is 0 Å². The van der Waals surface area contributed by atoms with Gasteiger partial charge in [0.2, 0.25) is 0 Å². The lowest BCUT2D eigenvalue weighted by molar-refractivity contribution is 0.857. The van der Waals surface area contributed by atoms with Gasteiger partial charge in [0.15, 0.2) is 0 Å². The van der Waals surface area contributed by atoms with E-state index in [2.05, 4.69) is 52.1 Å². The summed E-state index contributed by atoms with van der Waals surface area (Å²) in [5.74, 6) is 0.483. The minimum Gasteiger partial charge on any atom is -0.0984 e. The maximum atomic E-state index is 4.11. The Balaban J connectivity index is 3.20. The molecular formula is C14H18. The van der Waals surface area contributed by atoms with E-state index in [1.807, 2.05) is 6.08 Å². The number of allylic oxidation sites excluding steroid dienone is 1. The van der Waals surface area contributed by atoms with Gasteiger partial charge < -0.3 is 0 Å². The third kappa shape index (κ3) is 2.14. The van der Waals surface area contributed by atoms with Gasteiger partial charge in [0.25, 0.3) is 0 Å². The lowest BCUT2D eigenvalue weighted by Crippen LogP contribution is -1.95. The molecule has 0 aliphatic carbocycles. The predicted octanol–water partition coefficient (Wildman–Crippen LogP) is 4.31. The predicted molar refractivity (Wildman–Crippen MR) is 65.1 cm³/mol. The van der Waals surface area contributed by atoms with Crippen molar-refractivity contribution >= 4 is 11.6 Å². The molecule has 0 bridgehead atoms. The van der Waals surface area contributed by atoms with Crippen LogP contribution in [0.5, 0.6) is 0 Å². The van der Waals surface area contributed by atoms with Gasteiger partial charge in [-0.3, -0.25) is 0 Å². The number of hydrogen-bond donors (Lipinski definition) is 0. The fourth-order valence-electron chi connectivity index (χ4n) is 1.45. The summed E-state index contributed by atoms with van der Waals surface area (Å²) in [7, 11) is 0. The molecule has 0 spiro atoms. The average Bonchev–Trinajstić information content (AvgIpc) is 2.16. The van der Waals surface area contributed by atoms with Gasteiger partial charge >= 0.3 is 0 Å². The van der Waals surface area contributed by atoms with Crippen LogP contribution in [0.2, 0.25) is 0 Å². The van der Waals surface area contributed by atoms with E-state index in [4.69, 9.17) is 0 Å². The van der Waals surface area contributed by atoms with Crippen LogP contribution in [0.1, 0.15) is 30.5 Å². The van der Waals surface area contributed by atoms with E-state index >= 15 is 0 Å². The molecule has 0 nitrogen and oxygen atoms in total. The summed E-state index contributed by atoms with van der Waals surface area (Å²) in [6, 6.07) is 6.40. The maximum Gasteiger partial charge on any atom is -0.0155 e. The molecule has 74 valence electrons. The zero-order chi connectivity index (χ0) is 10.7. The molecule has 0 aliphatic rings. The topological polar surface area (TPSA) is 0 Å². The highest BCUT2D eigenvalue weighted by Crippen LogP contribution is 2.25. The highest BCUT2D eigenvalue weighted by atomic mass is 14.1. The molecule has 0 aliphatic heterocycles. The third-order valence-corrected chi connectivity index (χ3v) is 2.47. The van der Waals surface area contributed by atoms with Crippen LogP contribution in [-0.4, -0.2) is 0 Å². The number of hydrogen-bond acceptors (Lipinski definition) is 0. The maximum absolute atomic E-state index is 4.11. The lowest BCUT2D eigenvalue weighted by Gasteiger charge is -2.13. The molecule has 0 saturated heterocycles. The number of aryl methyl sites for hydroxylation is 1. The Morgan fingerprint density at radius 1 is 1.36 bits per heavy atom. The molecule has 0 saturated carbocycles. The molecule has 0 heterocycles. The van der Waals surface area contributed by atoms with Gasteiger partial charge in [0, 0.05) is 0 Å². The molecule has 0 unspecified atom stereocenters. The molecule has 0 atom stereocenters. The number of rotatable bonds is 3. The largest absolute Gasteiger partial charge is 0.0984 e. The molecule has 0 N–H and O–H groups in total. The molecule has 0 fully saturated rings. The first kappa shape index (κ1) is 10.8. The van der Waals surface area contributed by atoms with Crippen molar-refractivity contribution in [3.05, 3.63) is 48.0 Å². The monoisotopic (exact) mass is 186 g/mol. The highest BCUT2D eigenvalue weighted by Gasteiger charge is 2.06. The van der Waals surface area contributed by atoms with E-state index in [1.54, 1.807) is 0 Å². The first-order chi connectivity index (χ1) is 6.56. The Morgan fingerprint density at radius 2 is 2.00 bits per heavy atom. The summed E-state index contributed by atoms with van der Waals surface area (Å²) < 4.78 is 0. The molecule has 0 radical (unpaired) electrons. The van der Waals surface area contributed by atoms with Crippen LogP contribution >= 0.6 is 0 Å². The van der Waals surface area contributed by atoms with Gasteiger partial charge in [-0.05, 0) is 29.5 Å². The van der Waals surface area contributed by atoms with Gasteiger partial charge in [-0.15, -0.1) is 0 Å². The van der Waals surface area contributed by atoms with E-state index < -0.39 is 0 Å². The number of benzene rings is 1. The third-order valence-electron chi connectivity index (χ3n) is 2.47. The van der Waals surface area contributed by atoms with Crippen LogP contribution in [0.15, 0.2) is 31.4 Å². The molecule has 0 heteroatoms. The summed E-state index contributed by atoms with van der Waals surface area (Å²) in [4.78, 5) is 0. The summed E-state index contributed by atoms with van der Waals surface area (Å²) in [6.45, 7) is 14.4. The second-order valence-corrected chi connectivity index (χ2v) is 3.97. The molecule has 0 aromatic heterocycles. The Kier molecular flexibility index (Phi) is 3.29. The average molecular weight is 186 g/mol. The van der Waals surface area contributed by atoms with Gasteiger partial charge in [-0.1, -0.05) is 56.8 Å². The first-order valence-electron chi connectivity index (χ1n) is 4.98. The quantitative estimate of drug-likeness (QED) is 0.660. The second-order valence-electron chi connectivity index (χ2n) is 3.97. The fraction of sp³-hybridized carbons (Fsp3) is 0.286. The summed E-state index contributed by atoms with van der Waals surface area (Å²) >= 11 is 0.